The topological polar surface area (TPSA) is 60.8 Å². The van der Waals surface area contributed by atoms with Gasteiger partial charge in [-0.2, -0.15) is 5.10 Å². The van der Waals surface area contributed by atoms with Crippen molar-refractivity contribution in [3.05, 3.63) is 119 Å². The summed E-state index contributed by atoms with van der Waals surface area (Å²) in [5, 5.41) is 11.0. The number of carbonyl (C=O) groups excluding carboxylic acids is 1. The molecule has 0 radical (unpaired) electrons. The summed E-state index contributed by atoms with van der Waals surface area (Å²) in [4.78, 5) is 20.9. The maximum absolute atomic E-state index is 14.1. The molecule has 0 unspecified atom stereocenters. The predicted molar refractivity (Wildman–Crippen MR) is 174 cm³/mol. The van der Waals surface area contributed by atoms with E-state index in [2.05, 4.69) is 78.1 Å². The first-order chi connectivity index (χ1) is 20.7. The highest BCUT2D eigenvalue weighted by molar-refractivity contribution is 7.18. The minimum absolute atomic E-state index is 0.0889. The Bertz CT molecular complexity index is 1650. The van der Waals surface area contributed by atoms with Crippen molar-refractivity contribution in [2.24, 2.45) is 5.10 Å². The van der Waals surface area contributed by atoms with E-state index in [1.165, 1.54) is 10.3 Å². The third-order valence-corrected chi connectivity index (χ3v) is 8.66. The monoisotopic (exact) mass is 573 g/mol. The number of para-hydroxylation sites is 2. The van der Waals surface area contributed by atoms with Gasteiger partial charge in [0.2, 0.25) is 0 Å². The van der Waals surface area contributed by atoms with Gasteiger partial charge >= 0.3 is 6.03 Å². The van der Waals surface area contributed by atoms with Crippen LogP contribution in [-0.2, 0) is 13.0 Å². The molecule has 0 bridgehead atoms. The number of aryl methyl sites for hydroxylation is 1. The van der Waals surface area contributed by atoms with Gasteiger partial charge in [0.25, 0.3) is 0 Å². The highest BCUT2D eigenvalue weighted by atomic mass is 32.1. The van der Waals surface area contributed by atoms with Crippen LogP contribution in [0.2, 0.25) is 0 Å². The molecule has 212 valence electrons. The van der Waals surface area contributed by atoms with Gasteiger partial charge < -0.3 is 5.32 Å². The number of unbranched alkanes of at least 4 members (excludes halogenated alkanes) is 1. The zero-order chi connectivity index (χ0) is 28.7. The van der Waals surface area contributed by atoms with Crippen LogP contribution in [0.4, 0.5) is 10.5 Å². The number of amides is 2. The number of hydrogen-bond acceptors (Lipinski definition) is 5. The molecule has 1 aliphatic heterocycles. The average molecular weight is 574 g/mol. The van der Waals surface area contributed by atoms with Crippen molar-refractivity contribution in [1.29, 1.82) is 0 Å². The largest absolute Gasteiger partial charge is 0.345 e. The maximum atomic E-state index is 14.1. The Morgan fingerprint density at radius 3 is 2.33 bits per heavy atom. The Hall–Kier alpha value is -4.33. The van der Waals surface area contributed by atoms with E-state index in [0.717, 1.165) is 64.4 Å². The first-order valence-electron chi connectivity index (χ1n) is 14.6. The summed E-state index contributed by atoms with van der Waals surface area (Å²) in [5.74, 6) is 0. The highest BCUT2D eigenvalue weighted by Gasteiger charge is 2.29. The van der Waals surface area contributed by atoms with Crippen LogP contribution in [0.3, 0.4) is 0 Å². The maximum Gasteiger partial charge on any atom is 0.345 e. The van der Waals surface area contributed by atoms with Gasteiger partial charge in [-0.05, 0) is 67.7 Å². The molecular weight excluding hydrogens is 538 g/mol. The Morgan fingerprint density at radius 2 is 1.52 bits per heavy atom. The third kappa shape index (κ3) is 6.27. The fourth-order valence-corrected chi connectivity index (χ4v) is 6.32. The quantitative estimate of drug-likeness (QED) is 0.164. The van der Waals surface area contributed by atoms with E-state index in [9.17, 15) is 4.79 Å². The summed E-state index contributed by atoms with van der Waals surface area (Å²) in [6.45, 7) is 1.95. The van der Waals surface area contributed by atoms with Gasteiger partial charge in [-0.1, -0.05) is 84.9 Å². The third-order valence-electron chi connectivity index (χ3n) is 7.56. The number of anilines is 1. The minimum Gasteiger partial charge on any atom is -0.320 e. The standard InChI is InChI=1S/C35H35N5OS/c1-36-23-9-10-24-40-35(41)39(25-26-17-19-28(20-18-26)27-11-3-2-4-12-27)32-15-7-5-13-29(32)30(38-40)21-22-34-37-31-14-6-8-16-33(31)42-34/h2-8,11-20,36H,9-10,21-25H2,1H3. The van der Waals surface area contributed by atoms with Gasteiger partial charge in [-0.25, -0.2) is 14.8 Å². The van der Waals surface area contributed by atoms with Crippen molar-refractivity contribution < 1.29 is 4.79 Å². The molecule has 1 aliphatic rings. The number of thiazole rings is 1. The highest BCUT2D eigenvalue weighted by Crippen LogP contribution is 2.31. The molecule has 6 rings (SSSR count). The summed E-state index contributed by atoms with van der Waals surface area (Å²) in [6, 6.07) is 35.2. The van der Waals surface area contributed by atoms with Crippen LogP contribution in [0.15, 0.2) is 108 Å². The van der Waals surface area contributed by atoms with Crippen molar-refractivity contribution in [1.82, 2.24) is 15.3 Å². The normalized spacial score (nSPS) is 13.3. The lowest BCUT2D eigenvalue weighted by Crippen LogP contribution is -2.40. The Balaban J connectivity index is 1.29. The second-order valence-electron chi connectivity index (χ2n) is 10.5. The number of nitrogens with one attached hydrogen (secondary N) is 1. The number of hydrazone groups is 1. The van der Waals surface area contributed by atoms with Crippen LogP contribution in [0.25, 0.3) is 21.3 Å². The molecule has 0 atom stereocenters. The number of nitrogens with zero attached hydrogens (tertiary/aromatic N) is 4. The molecular formula is C35H35N5OS. The lowest BCUT2D eigenvalue weighted by atomic mass is 10.0. The van der Waals surface area contributed by atoms with Gasteiger partial charge in [0, 0.05) is 18.5 Å². The number of aromatic nitrogens is 1. The van der Waals surface area contributed by atoms with Crippen LogP contribution < -0.4 is 10.2 Å². The fraction of sp³-hybridized carbons (Fsp3) is 0.229. The second-order valence-corrected chi connectivity index (χ2v) is 11.6. The zero-order valence-corrected chi connectivity index (χ0v) is 24.7. The summed E-state index contributed by atoms with van der Waals surface area (Å²) in [5.41, 5.74) is 7.28. The van der Waals surface area contributed by atoms with E-state index in [0.29, 0.717) is 19.5 Å². The molecule has 42 heavy (non-hydrogen) atoms. The molecule has 7 heteroatoms. The minimum atomic E-state index is -0.0889. The van der Waals surface area contributed by atoms with E-state index in [1.807, 2.05) is 42.3 Å². The molecule has 0 aliphatic carbocycles. The van der Waals surface area contributed by atoms with E-state index in [-0.39, 0.29) is 6.03 Å². The number of urea groups is 1. The second kappa shape index (κ2) is 13.1. The van der Waals surface area contributed by atoms with Crippen molar-refractivity contribution >= 4 is 39.0 Å². The molecule has 2 amide bonds. The predicted octanol–water partition coefficient (Wildman–Crippen LogP) is 7.74. The molecule has 4 aromatic carbocycles. The van der Waals surface area contributed by atoms with Gasteiger partial charge in [-0.15, -0.1) is 11.3 Å². The molecule has 1 N–H and O–H groups in total. The van der Waals surface area contributed by atoms with Crippen LogP contribution in [0.5, 0.6) is 0 Å². The number of hydrogen-bond donors (Lipinski definition) is 1. The summed E-state index contributed by atoms with van der Waals surface area (Å²) in [6.07, 6.45) is 3.33. The molecule has 0 saturated carbocycles. The number of benzene rings is 4. The van der Waals surface area contributed by atoms with Gasteiger partial charge in [0.15, 0.2) is 0 Å². The van der Waals surface area contributed by atoms with Crippen molar-refractivity contribution in [3.8, 4) is 11.1 Å². The zero-order valence-electron chi connectivity index (χ0n) is 23.9. The van der Waals surface area contributed by atoms with E-state index >= 15 is 0 Å². The first kappa shape index (κ1) is 27.8. The molecule has 6 nitrogen and oxygen atoms in total. The van der Waals surface area contributed by atoms with Gasteiger partial charge in [0.1, 0.15) is 0 Å². The van der Waals surface area contributed by atoms with E-state index in [1.54, 1.807) is 16.3 Å². The number of fused-ring (bicyclic) bond motifs is 2. The summed E-state index contributed by atoms with van der Waals surface area (Å²) < 4.78 is 1.20. The smallest absolute Gasteiger partial charge is 0.320 e. The summed E-state index contributed by atoms with van der Waals surface area (Å²) in [7, 11) is 1.96. The van der Waals surface area contributed by atoms with Crippen molar-refractivity contribution in [2.75, 3.05) is 25.0 Å². The summed E-state index contributed by atoms with van der Waals surface area (Å²) >= 11 is 1.73. The van der Waals surface area contributed by atoms with Crippen molar-refractivity contribution in [2.45, 2.75) is 32.2 Å². The Morgan fingerprint density at radius 1 is 0.786 bits per heavy atom. The molecule has 1 aromatic heterocycles. The van der Waals surface area contributed by atoms with Gasteiger partial charge in [0.05, 0.1) is 33.2 Å². The van der Waals surface area contributed by atoms with Gasteiger partial charge in [-0.3, -0.25) is 4.90 Å². The molecule has 0 fully saturated rings. The first-order valence-corrected chi connectivity index (χ1v) is 15.4. The lowest BCUT2D eigenvalue weighted by Gasteiger charge is -2.27. The molecule has 2 heterocycles. The van der Waals surface area contributed by atoms with Crippen LogP contribution in [0.1, 0.15) is 35.4 Å². The molecule has 0 saturated heterocycles. The van der Waals surface area contributed by atoms with E-state index < -0.39 is 0 Å². The Kier molecular flexibility index (Phi) is 8.68. The van der Waals surface area contributed by atoms with Crippen LogP contribution in [0, 0.1) is 0 Å². The lowest BCUT2D eigenvalue weighted by molar-refractivity contribution is 0.206. The number of carbonyl (C=O) groups is 1. The average Bonchev–Trinajstić information content (AvgIpc) is 3.42. The fourth-order valence-electron chi connectivity index (χ4n) is 5.35. The Labute approximate surface area is 251 Å². The van der Waals surface area contributed by atoms with Crippen LogP contribution >= 0.6 is 11.3 Å². The molecule has 0 spiro atoms. The van der Waals surface area contributed by atoms with Crippen LogP contribution in [-0.4, -0.2) is 41.9 Å². The molecule has 5 aromatic rings. The SMILES string of the molecule is CNCCCCN1N=C(CCc2nc3ccccc3s2)c2ccccc2N(Cc2ccc(-c3ccccc3)cc2)C1=O. The van der Waals surface area contributed by atoms with Crippen molar-refractivity contribution in [3.63, 3.8) is 0 Å². The van der Waals surface area contributed by atoms with E-state index in [4.69, 9.17) is 10.1 Å². The number of rotatable bonds is 11.